The maximum Gasteiger partial charge on any atom is 0.339 e. The molecule has 2 aliphatic carbocycles. The quantitative estimate of drug-likeness (QED) is 0.344. The number of carbonyl (C=O) groups is 1. The average Bonchev–Trinajstić information content (AvgIpc) is 2.84. The molecule has 0 amide bonds. The summed E-state index contributed by atoms with van der Waals surface area (Å²) in [4.78, 5) is 10.7. The third-order valence-electron chi connectivity index (χ3n) is 6.42. The zero-order valence-electron chi connectivity index (χ0n) is 17.7. The van der Waals surface area contributed by atoms with Crippen LogP contribution in [-0.2, 0) is 6.42 Å². The predicted molar refractivity (Wildman–Crippen MR) is 130 cm³/mol. The molecule has 0 unspecified atom stereocenters. The number of benzene rings is 4. The molecule has 0 fully saturated rings. The van der Waals surface area contributed by atoms with Gasteiger partial charge in [-0.25, -0.2) is 4.79 Å². The molecule has 4 aromatic rings. The summed E-state index contributed by atoms with van der Waals surface area (Å²) in [5.74, 6) is -1.29. The first-order chi connectivity index (χ1) is 15.6. The summed E-state index contributed by atoms with van der Waals surface area (Å²) in [6, 6.07) is 23.6. The molecule has 0 spiro atoms. The lowest BCUT2D eigenvalue weighted by atomic mass is 9.80. The van der Waals surface area contributed by atoms with Gasteiger partial charge in [-0.1, -0.05) is 84.5 Å². The minimum Gasteiger partial charge on any atom is -0.506 e. The first-order valence-corrected chi connectivity index (χ1v) is 11.0. The van der Waals surface area contributed by atoms with E-state index in [1.807, 2.05) is 12.1 Å². The molecule has 0 atom stereocenters. The fourth-order valence-corrected chi connectivity index (χ4v) is 4.81. The van der Waals surface area contributed by atoms with Gasteiger partial charge in [0, 0.05) is 5.39 Å². The Kier molecular flexibility index (Phi) is 5.24. The standard InChI is InChI=1S/C18H16.C11H8O3/c1-3-7-15-13(5-1)9-11-18-16-8-4-2-6-14(16)10-12-17(15)18;12-10-8-4-2-1-3-7(8)5-6-9(10)11(13)14/h1,3-5,7-9,11H,2,6,10,12H2;1-6,12H,(H,13,14). The average molecular weight is 421 g/mol. The van der Waals surface area contributed by atoms with E-state index < -0.39 is 5.97 Å². The molecule has 0 aliphatic heterocycles. The van der Waals surface area contributed by atoms with Gasteiger partial charge in [-0.15, -0.1) is 0 Å². The van der Waals surface area contributed by atoms with Crippen molar-refractivity contribution in [2.24, 2.45) is 0 Å². The van der Waals surface area contributed by atoms with E-state index in [2.05, 4.69) is 48.6 Å². The Bertz CT molecular complexity index is 1410. The van der Waals surface area contributed by atoms with E-state index in [9.17, 15) is 9.90 Å². The first-order valence-electron chi connectivity index (χ1n) is 11.0. The van der Waals surface area contributed by atoms with Crippen LogP contribution in [0.2, 0.25) is 0 Å². The number of aryl methyl sites for hydroxylation is 1. The van der Waals surface area contributed by atoms with Crippen LogP contribution in [0.4, 0.5) is 0 Å². The highest BCUT2D eigenvalue weighted by molar-refractivity contribution is 6.00. The summed E-state index contributed by atoms with van der Waals surface area (Å²) in [6.45, 7) is 0. The van der Waals surface area contributed by atoms with Crippen molar-refractivity contribution in [1.82, 2.24) is 0 Å². The lowest BCUT2D eigenvalue weighted by Crippen LogP contribution is -2.06. The Balaban J connectivity index is 0.000000140. The van der Waals surface area contributed by atoms with Crippen molar-refractivity contribution in [3.63, 3.8) is 0 Å². The van der Waals surface area contributed by atoms with Crippen molar-refractivity contribution in [1.29, 1.82) is 0 Å². The largest absolute Gasteiger partial charge is 0.506 e. The molecule has 0 saturated heterocycles. The summed E-state index contributed by atoms with van der Waals surface area (Å²) >= 11 is 0. The van der Waals surface area contributed by atoms with E-state index in [1.54, 1.807) is 29.3 Å². The van der Waals surface area contributed by atoms with E-state index in [0.717, 1.165) is 5.39 Å². The molecule has 6 rings (SSSR count). The van der Waals surface area contributed by atoms with Crippen molar-refractivity contribution >= 4 is 33.1 Å². The lowest BCUT2D eigenvalue weighted by molar-refractivity contribution is 0.0694. The summed E-state index contributed by atoms with van der Waals surface area (Å²) in [5, 5.41) is 22.6. The third-order valence-corrected chi connectivity index (χ3v) is 6.42. The molecule has 2 N–H and O–H groups in total. The number of aromatic carboxylic acids is 1. The predicted octanol–water partition coefficient (Wildman–Crippen LogP) is 7.13. The zero-order valence-corrected chi connectivity index (χ0v) is 17.7. The van der Waals surface area contributed by atoms with Gasteiger partial charge in [-0.2, -0.15) is 0 Å². The summed E-state index contributed by atoms with van der Waals surface area (Å²) < 4.78 is 0. The number of phenols is 1. The number of rotatable bonds is 1. The highest BCUT2D eigenvalue weighted by atomic mass is 16.4. The second-order valence-corrected chi connectivity index (χ2v) is 8.26. The number of fused-ring (bicyclic) bond motifs is 5. The Morgan fingerprint density at radius 1 is 0.750 bits per heavy atom. The fraction of sp³-hybridized carbons (Fsp3) is 0.138. The molecule has 0 saturated carbocycles. The van der Waals surface area contributed by atoms with Crippen molar-refractivity contribution in [2.45, 2.75) is 25.7 Å². The summed E-state index contributed by atoms with van der Waals surface area (Å²) in [7, 11) is 0. The van der Waals surface area contributed by atoms with Gasteiger partial charge in [0.1, 0.15) is 11.3 Å². The van der Waals surface area contributed by atoms with Gasteiger partial charge in [-0.05, 0) is 64.6 Å². The summed E-state index contributed by atoms with van der Waals surface area (Å²) in [5.41, 5.74) is 6.14. The van der Waals surface area contributed by atoms with Gasteiger partial charge in [-0.3, -0.25) is 0 Å². The molecule has 0 radical (unpaired) electrons. The molecule has 0 bridgehead atoms. The van der Waals surface area contributed by atoms with Crippen molar-refractivity contribution in [3.8, 4) is 5.75 Å². The fourth-order valence-electron chi connectivity index (χ4n) is 4.81. The van der Waals surface area contributed by atoms with E-state index >= 15 is 0 Å². The van der Waals surface area contributed by atoms with Crippen LogP contribution in [0.3, 0.4) is 0 Å². The number of allylic oxidation sites excluding steroid dienone is 4. The van der Waals surface area contributed by atoms with Gasteiger partial charge in [0.05, 0.1) is 0 Å². The Morgan fingerprint density at radius 2 is 1.44 bits per heavy atom. The maximum atomic E-state index is 10.7. The Morgan fingerprint density at radius 3 is 2.22 bits per heavy atom. The molecular formula is C29H24O3. The van der Waals surface area contributed by atoms with Crippen LogP contribution in [0.1, 0.15) is 40.7 Å². The molecule has 158 valence electrons. The minimum atomic E-state index is -1.12. The van der Waals surface area contributed by atoms with Crippen LogP contribution in [0.5, 0.6) is 5.75 Å². The van der Waals surface area contributed by atoms with Crippen LogP contribution in [-0.4, -0.2) is 16.2 Å². The number of carboxylic acid groups (broad SMARTS) is 1. The zero-order chi connectivity index (χ0) is 22.1. The van der Waals surface area contributed by atoms with Gasteiger partial charge >= 0.3 is 5.97 Å². The molecule has 2 aliphatic rings. The van der Waals surface area contributed by atoms with Crippen molar-refractivity contribution in [3.05, 3.63) is 107 Å². The number of carboxylic acids is 1. The van der Waals surface area contributed by atoms with Crippen molar-refractivity contribution in [2.75, 3.05) is 0 Å². The first kappa shape index (κ1) is 20.1. The molecule has 32 heavy (non-hydrogen) atoms. The SMILES string of the molecule is C1=CC2=C(CC1)CCc1c2ccc2ccccc12.O=C(O)c1ccc2ccccc2c1O. The van der Waals surface area contributed by atoms with Crippen LogP contribution < -0.4 is 0 Å². The van der Waals surface area contributed by atoms with Crippen LogP contribution in [0.25, 0.3) is 27.1 Å². The third kappa shape index (κ3) is 3.56. The van der Waals surface area contributed by atoms with Crippen LogP contribution in [0.15, 0.2) is 90.5 Å². The minimum absolute atomic E-state index is 0.0660. The topological polar surface area (TPSA) is 57.5 Å². The molecular weight excluding hydrogens is 396 g/mol. The van der Waals surface area contributed by atoms with Crippen LogP contribution >= 0.6 is 0 Å². The van der Waals surface area contributed by atoms with E-state index in [-0.39, 0.29) is 11.3 Å². The van der Waals surface area contributed by atoms with Gasteiger partial charge in [0.25, 0.3) is 0 Å². The number of aromatic hydroxyl groups is 1. The van der Waals surface area contributed by atoms with Crippen molar-refractivity contribution < 1.29 is 15.0 Å². The highest BCUT2D eigenvalue weighted by Gasteiger charge is 2.20. The number of hydrogen-bond acceptors (Lipinski definition) is 2. The normalized spacial score (nSPS) is 14.5. The van der Waals surface area contributed by atoms with Gasteiger partial charge in [0.2, 0.25) is 0 Å². The monoisotopic (exact) mass is 420 g/mol. The van der Waals surface area contributed by atoms with E-state index in [4.69, 9.17) is 5.11 Å². The second kappa shape index (κ2) is 8.35. The Hall–Kier alpha value is -3.85. The van der Waals surface area contributed by atoms with E-state index in [1.165, 1.54) is 53.7 Å². The molecule has 0 aromatic heterocycles. The Labute approximate surface area is 187 Å². The van der Waals surface area contributed by atoms with Crippen LogP contribution in [0, 0.1) is 0 Å². The van der Waals surface area contributed by atoms with Gasteiger partial charge in [0.15, 0.2) is 0 Å². The van der Waals surface area contributed by atoms with Gasteiger partial charge < -0.3 is 10.2 Å². The smallest absolute Gasteiger partial charge is 0.339 e. The molecule has 3 heteroatoms. The summed E-state index contributed by atoms with van der Waals surface area (Å²) in [6.07, 6.45) is 9.61. The maximum absolute atomic E-state index is 10.7. The second-order valence-electron chi connectivity index (χ2n) is 8.26. The molecule has 4 aromatic carbocycles. The molecule has 0 heterocycles. The van der Waals surface area contributed by atoms with E-state index in [0.29, 0.717) is 5.39 Å². The number of hydrogen-bond donors (Lipinski definition) is 2. The molecule has 3 nitrogen and oxygen atoms in total. The highest BCUT2D eigenvalue weighted by Crippen LogP contribution is 2.39. The lowest BCUT2D eigenvalue weighted by Gasteiger charge is -2.25.